The molecule has 1 aliphatic heterocycles. The fourth-order valence-corrected chi connectivity index (χ4v) is 4.05. The molecule has 2 aromatic rings. The van der Waals surface area contributed by atoms with Crippen LogP contribution < -0.4 is 14.8 Å². The van der Waals surface area contributed by atoms with E-state index in [-0.39, 0.29) is 0 Å². The van der Waals surface area contributed by atoms with Crippen molar-refractivity contribution in [3.8, 4) is 11.5 Å². The summed E-state index contributed by atoms with van der Waals surface area (Å²) in [5.41, 5.74) is 2.01. The largest absolute Gasteiger partial charge is 0.490 e. The van der Waals surface area contributed by atoms with E-state index in [1.165, 1.54) is 7.11 Å². The number of fused-ring (bicyclic) bond motifs is 1. The molecule has 1 N–H and O–H groups in total. The first-order chi connectivity index (χ1) is 15.0. The van der Waals surface area contributed by atoms with Crippen LogP contribution in [0.2, 0.25) is 0 Å². The molecule has 8 nitrogen and oxygen atoms in total. The highest BCUT2D eigenvalue weighted by Crippen LogP contribution is 2.39. The number of benzene rings is 1. The zero-order chi connectivity index (χ0) is 22.4. The van der Waals surface area contributed by atoms with Crippen LogP contribution in [0.15, 0.2) is 34.6 Å². The zero-order valence-electron chi connectivity index (χ0n) is 18.7. The number of carbonyl (C=O) groups excluding carboxylic acids is 1. The summed E-state index contributed by atoms with van der Waals surface area (Å²) in [6.07, 6.45) is 1.92. The number of esters is 1. The van der Waals surface area contributed by atoms with Crippen molar-refractivity contribution < 1.29 is 19.0 Å². The fourth-order valence-electron chi connectivity index (χ4n) is 3.36. The molecular formula is C22H30N4O4S. The minimum atomic E-state index is -0.494. The van der Waals surface area contributed by atoms with Crippen LogP contribution in [0.3, 0.4) is 0 Å². The van der Waals surface area contributed by atoms with Crippen molar-refractivity contribution in [2.24, 2.45) is 0 Å². The molecule has 31 heavy (non-hydrogen) atoms. The van der Waals surface area contributed by atoms with Gasteiger partial charge in [0.1, 0.15) is 6.04 Å². The van der Waals surface area contributed by atoms with Crippen LogP contribution in [-0.2, 0) is 9.53 Å². The third kappa shape index (κ3) is 4.98. The lowest BCUT2D eigenvalue weighted by atomic mass is 9.95. The molecule has 1 aromatic carbocycles. The predicted molar refractivity (Wildman–Crippen MR) is 121 cm³/mol. The summed E-state index contributed by atoms with van der Waals surface area (Å²) in [7, 11) is 1.38. The van der Waals surface area contributed by atoms with Gasteiger partial charge >= 0.3 is 5.97 Å². The molecule has 0 aliphatic carbocycles. The smallest absolute Gasteiger partial charge is 0.338 e. The lowest BCUT2D eigenvalue weighted by Crippen LogP contribution is -2.29. The number of aromatic nitrogens is 3. The minimum absolute atomic E-state index is 0.414. The molecule has 9 heteroatoms. The number of anilines is 1. The molecule has 0 bridgehead atoms. The first-order valence-electron chi connectivity index (χ1n) is 10.6. The number of methoxy groups -OCH3 is 1. The molecule has 3 rings (SSSR count). The van der Waals surface area contributed by atoms with Gasteiger partial charge in [0.15, 0.2) is 11.5 Å². The number of hydrogen-bond acceptors (Lipinski definition) is 8. The molecule has 0 amide bonds. The van der Waals surface area contributed by atoms with E-state index in [9.17, 15) is 4.79 Å². The van der Waals surface area contributed by atoms with E-state index < -0.39 is 12.0 Å². The van der Waals surface area contributed by atoms with Crippen LogP contribution in [-0.4, -0.2) is 46.8 Å². The SMILES string of the molecule is CCCOc1ccc(C2C(C(=O)OC)=C(C)Nc3nc(SCCC)nn32)cc1OCC. The third-order valence-electron chi connectivity index (χ3n) is 4.72. The van der Waals surface area contributed by atoms with Crippen LogP contribution >= 0.6 is 11.8 Å². The highest BCUT2D eigenvalue weighted by atomic mass is 32.2. The normalized spacial score (nSPS) is 15.3. The summed E-state index contributed by atoms with van der Waals surface area (Å²) in [6.45, 7) is 9.05. The summed E-state index contributed by atoms with van der Waals surface area (Å²) >= 11 is 1.59. The Bertz CT molecular complexity index is 957. The van der Waals surface area contributed by atoms with Crippen molar-refractivity contribution >= 4 is 23.7 Å². The highest BCUT2D eigenvalue weighted by molar-refractivity contribution is 7.99. The Balaban J connectivity index is 2.10. The van der Waals surface area contributed by atoms with Crippen LogP contribution in [0.25, 0.3) is 0 Å². The summed E-state index contributed by atoms with van der Waals surface area (Å²) in [6, 6.07) is 5.23. The van der Waals surface area contributed by atoms with Crippen molar-refractivity contribution in [2.75, 3.05) is 31.4 Å². The third-order valence-corrected chi connectivity index (χ3v) is 5.76. The fraction of sp³-hybridized carbons (Fsp3) is 0.500. The maximum absolute atomic E-state index is 12.7. The average Bonchev–Trinajstić information content (AvgIpc) is 3.17. The van der Waals surface area contributed by atoms with Crippen molar-refractivity contribution in [1.82, 2.24) is 14.8 Å². The molecule has 0 saturated carbocycles. The first kappa shape index (κ1) is 23.0. The van der Waals surface area contributed by atoms with Crippen molar-refractivity contribution in [1.29, 1.82) is 0 Å². The summed E-state index contributed by atoms with van der Waals surface area (Å²) in [5, 5.41) is 8.55. The second kappa shape index (κ2) is 10.6. The van der Waals surface area contributed by atoms with Gasteiger partial charge in [-0.15, -0.1) is 5.10 Å². The minimum Gasteiger partial charge on any atom is -0.490 e. The second-order valence-corrected chi connectivity index (χ2v) is 8.12. The number of hydrogen-bond donors (Lipinski definition) is 1. The number of allylic oxidation sites excluding steroid dienone is 1. The Morgan fingerprint density at radius 1 is 1.19 bits per heavy atom. The zero-order valence-corrected chi connectivity index (χ0v) is 19.5. The highest BCUT2D eigenvalue weighted by Gasteiger charge is 2.35. The number of nitrogens with zero attached hydrogens (tertiary/aromatic N) is 3. The van der Waals surface area contributed by atoms with Gasteiger partial charge in [-0.25, -0.2) is 9.48 Å². The van der Waals surface area contributed by atoms with E-state index in [1.807, 2.05) is 32.0 Å². The van der Waals surface area contributed by atoms with Crippen LogP contribution in [0.1, 0.15) is 52.1 Å². The Morgan fingerprint density at radius 2 is 2.00 bits per heavy atom. The van der Waals surface area contributed by atoms with E-state index in [0.717, 1.165) is 24.2 Å². The summed E-state index contributed by atoms with van der Waals surface area (Å²) in [4.78, 5) is 17.3. The number of thioether (sulfide) groups is 1. The van der Waals surface area contributed by atoms with Gasteiger partial charge in [0, 0.05) is 11.4 Å². The van der Waals surface area contributed by atoms with E-state index in [0.29, 0.717) is 47.1 Å². The van der Waals surface area contributed by atoms with E-state index in [4.69, 9.17) is 14.2 Å². The van der Waals surface area contributed by atoms with Gasteiger partial charge in [0.05, 0.1) is 25.9 Å². The lowest BCUT2D eigenvalue weighted by Gasteiger charge is -2.28. The molecule has 1 atom stereocenters. The van der Waals surface area contributed by atoms with Crippen LogP contribution in [0, 0.1) is 0 Å². The number of carbonyl (C=O) groups is 1. The van der Waals surface area contributed by atoms with E-state index in [2.05, 4.69) is 29.2 Å². The summed E-state index contributed by atoms with van der Waals surface area (Å²) < 4.78 is 18.5. The Morgan fingerprint density at radius 3 is 2.68 bits per heavy atom. The molecule has 0 radical (unpaired) electrons. The number of nitrogens with one attached hydrogen (secondary N) is 1. The van der Waals surface area contributed by atoms with Gasteiger partial charge in [-0.05, 0) is 44.4 Å². The molecular weight excluding hydrogens is 416 g/mol. The Kier molecular flexibility index (Phi) is 7.84. The van der Waals surface area contributed by atoms with Gasteiger partial charge in [0.25, 0.3) is 0 Å². The summed E-state index contributed by atoms with van der Waals surface area (Å²) in [5.74, 6) is 2.42. The first-order valence-corrected chi connectivity index (χ1v) is 11.6. The van der Waals surface area contributed by atoms with Crippen LogP contribution in [0.5, 0.6) is 11.5 Å². The van der Waals surface area contributed by atoms with Crippen molar-refractivity contribution in [3.63, 3.8) is 0 Å². The van der Waals surface area contributed by atoms with Gasteiger partial charge in [-0.1, -0.05) is 31.7 Å². The molecule has 0 spiro atoms. The second-order valence-electron chi connectivity index (χ2n) is 7.06. The van der Waals surface area contributed by atoms with Gasteiger partial charge < -0.3 is 19.5 Å². The topological polar surface area (TPSA) is 87.5 Å². The molecule has 2 heterocycles. The van der Waals surface area contributed by atoms with Gasteiger partial charge in [0.2, 0.25) is 11.1 Å². The van der Waals surface area contributed by atoms with Crippen LogP contribution in [0.4, 0.5) is 5.95 Å². The Hall–Kier alpha value is -2.68. The quantitative estimate of drug-likeness (QED) is 0.424. The molecule has 0 saturated heterocycles. The standard InChI is InChI=1S/C22H30N4O4S/c1-6-11-30-16-10-9-15(13-17(16)29-8-3)19-18(20(27)28-5)14(4)23-21-24-22(25-26(19)21)31-12-7-2/h9-10,13,19H,6-8,11-12H2,1-5H3,(H,23,24,25). The average molecular weight is 447 g/mol. The molecule has 1 aliphatic rings. The van der Waals surface area contributed by atoms with E-state index >= 15 is 0 Å². The van der Waals surface area contributed by atoms with E-state index in [1.54, 1.807) is 16.4 Å². The maximum Gasteiger partial charge on any atom is 0.338 e. The lowest BCUT2D eigenvalue weighted by molar-refractivity contribution is -0.136. The monoisotopic (exact) mass is 446 g/mol. The molecule has 1 unspecified atom stereocenters. The van der Waals surface area contributed by atoms with Gasteiger partial charge in [-0.3, -0.25) is 0 Å². The predicted octanol–water partition coefficient (Wildman–Crippen LogP) is 4.43. The van der Waals surface area contributed by atoms with Crippen molar-refractivity contribution in [2.45, 2.75) is 51.7 Å². The van der Waals surface area contributed by atoms with Crippen molar-refractivity contribution in [3.05, 3.63) is 35.0 Å². The number of rotatable bonds is 10. The maximum atomic E-state index is 12.7. The Labute approximate surface area is 187 Å². The number of ether oxygens (including phenoxy) is 3. The molecule has 0 fully saturated rings. The molecule has 168 valence electrons. The molecule has 1 aromatic heterocycles. The van der Waals surface area contributed by atoms with Gasteiger partial charge in [-0.2, -0.15) is 4.98 Å².